The summed E-state index contributed by atoms with van der Waals surface area (Å²) in [5.74, 6) is 0.180. The van der Waals surface area contributed by atoms with Gasteiger partial charge < -0.3 is 10.3 Å². The largest absolute Gasteiger partial charge is 0.355 e. The molecule has 0 aliphatic rings. The van der Waals surface area contributed by atoms with Crippen molar-refractivity contribution in [2.75, 3.05) is 12.3 Å². The van der Waals surface area contributed by atoms with Crippen molar-refractivity contribution in [3.8, 4) is 0 Å². The highest BCUT2D eigenvalue weighted by Crippen LogP contribution is 2.21. The van der Waals surface area contributed by atoms with Crippen molar-refractivity contribution in [3.05, 3.63) is 44.5 Å². The molecule has 1 amide bonds. The molecule has 3 rings (SSSR count). The van der Waals surface area contributed by atoms with Crippen LogP contribution < -0.4 is 10.9 Å². The van der Waals surface area contributed by atoms with Crippen molar-refractivity contribution in [3.63, 3.8) is 0 Å². The van der Waals surface area contributed by atoms with Gasteiger partial charge in [-0.05, 0) is 44.7 Å². The number of rotatable bonds is 7. The number of hydrogen-bond acceptors (Lipinski definition) is 5. The quantitative estimate of drug-likeness (QED) is 0.480. The molecule has 0 saturated carbocycles. The molecule has 2 N–H and O–H groups in total. The summed E-state index contributed by atoms with van der Waals surface area (Å²) < 4.78 is 1.64. The summed E-state index contributed by atoms with van der Waals surface area (Å²) in [5, 5.41) is 5.53. The number of thiophene rings is 1. The monoisotopic (exact) mass is 390 g/mol. The van der Waals surface area contributed by atoms with Crippen LogP contribution in [0.1, 0.15) is 30.5 Å². The van der Waals surface area contributed by atoms with Gasteiger partial charge in [-0.1, -0.05) is 17.8 Å². The van der Waals surface area contributed by atoms with Gasteiger partial charge in [0.25, 0.3) is 5.56 Å². The van der Waals surface area contributed by atoms with E-state index in [0.29, 0.717) is 22.7 Å². The van der Waals surface area contributed by atoms with E-state index in [1.165, 1.54) is 16.6 Å². The topological polar surface area (TPSA) is 79.8 Å². The summed E-state index contributed by atoms with van der Waals surface area (Å²) in [4.78, 5) is 33.8. The highest BCUT2D eigenvalue weighted by Gasteiger charge is 2.16. The fraction of sp³-hybridized carbons (Fsp3) is 0.389. The van der Waals surface area contributed by atoms with Crippen LogP contribution >= 0.6 is 23.1 Å². The third kappa shape index (κ3) is 4.19. The van der Waals surface area contributed by atoms with Gasteiger partial charge in [0.05, 0.1) is 11.3 Å². The molecule has 8 heteroatoms. The molecule has 6 nitrogen and oxygen atoms in total. The summed E-state index contributed by atoms with van der Waals surface area (Å²) in [7, 11) is 0. The number of thioether (sulfide) groups is 1. The van der Waals surface area contributed by atoms with Crippen LogP contribution in [0, 0.1) is 6.92 Å². The SMILES string of the molecule is Cc1cc2nc(SCC(=O)NCCc3cccs3)n(C(C)C)c(=O)c2[nH]1. The minimum Gasteiger partial charge on any atom is -0.355 e. The summed E-state index contributed by atoms with van der Waals surface area (Å²) in [6, 6.07) is 5.89. The van der Waals surface area contributed by atoms with Crippen LogP contribution in [0.25, 0.3) is 11.0 Å². The third-order valence-electron chi connectivity index (χ3n) is 3.91. The number of H-pyrrole nitrogens is 1. The van der Waals surface area contributed by atoms with Gasteiger partial charge in [-0.3, -0.25) is 14.2 Å². The Bertz CT molecular complexity index is 958. The molecule has 0 unspecified atom stereocenters. The predicted molar refractivity (Wildman–Crippen MR) is 107 cm³/mol. The van der Waals surface area contributed by atoms with E-state index in [1.807, 2.05) is 38.3 Å². The number of aryl methyl sites for hydroxylation is 1. The van der Waals surface area contributed by atoms with Crippen molar-refractivity contribution in [2.45, 2.75) is 38.4 Å². The number of carbonyl (C=O) groups is 1. The lowest BCUT2D eigenvalue weighted by atomic mass is 10.3. The molecule has 0 bridgehead atoms. The van der Waals surface area contributed by atoms with E-state index in [9.17, 15) is 9.59 Å². The molecule has 26 heavy (non-hydrogen) atoms. The van der Waals surface area contributed by atoms with Gasteiger partial charge in [0, 0.05) is 23.2 Å². The van der Waals surface area contributed by atoms with Crippen molar-refractivity contribution < 1.29 is 4.79 Å². The second kappa shape index (κ2) is 8.09. The van der Waals surface area contributed by atoms with Crippen LogP contribution in [-0.2, 0) is 11.2 Å². The summed E-state index contributed by atoms with van der Waals surface area (Å²) >= 11 is 2.99. The number of nitrogens with one attached hydrogen (secondary N) is 2. The van der Waals surface area contributed by atoms with E-state index in [4.69, 9.17) is 0 Å². The average Bonchev–Trinajstić information content (AvgIpc) is 3.21. The Morgan fingerprint density at radius 2 is 2.27 bits per heavy atom. The first-order chi connectivity index (χ1) is 12.5. The fourth-order valence-electron chi connectivity index (χ4n) is 2.71. The zero-order valence-corrected chi connectivity index (χ0v) is 16.7. The number of fused-ring (bicyclic) bond motifs is 1. The maximum Gasteiger partial charge on any atom is 0.278 e. The number of amides is 1. The van der Waals surface area contributed by atoms with Crippen molar-refractivity contribution >= 4 is 40.0 Å². The van der Waals surface area contributed by atoms with Crippen LogP contribution in [0.15, 0.2) is 33.5 Å². The van der Waals surface area contributed by atoms with E-state index in [2.05, 4.69) is 21.4 Å². The Morgan fingerprint density at radius 1 is 1.46 bits per heavy atom. The molecule has 3 heterocycles. The molecular weight excluding hydrogens is 368 g/mol. The molecule has 0 spiro atoms. The molecule has 0 radical (unpaired) electrons. The lowest BCUT2D eigenvalue weighted by Gasteiger charge is -2.15. The van der Waals surface area contributed by atoms with Crippen LogP contribution in [0.3, 0.4) is 0 Å². The number of aromatic amines is 1. The molecule has 3 aromatic rings. The van der Waals surface area contributed by atoms with Gasteiger partial charge in [0.1, 0.15) is 5.52 Å². The van der Waals surface area contributed by atoms with E-state index in [-0.39, 0.29) is 23.3 Å². The van der Waals surface area contributed by atoms with Gasteiger partial charge in [-0.15, -0.1) is 11.3 Å². The van der Waals surface area contributed by atoms with Crippen molar-refractivity contribution in [1.29, 1.82) is 0 Å². The Morgan fingerprint density at radius 3 is 2.96 bits per heavy atom. The van der Waals surface area contributed by atoms with Gasteiger partial charge >= 0.3 is 0 Å². The second-order valence-corrected chi connectivity index (χ2v) is 8.32. The lowest BCUT2D eigenvalue weighted by Crippen LogP contribution is -2.29. The predicted octanol–water partition coefficient (Wildman–Crippen LogP) is 3.13. The number of nitrogens with zero attached hydrogens (tertiary/aromatic N) is 2. The van der Waals surface area contributed by atoms with E-state index in [1.54, 1.807) is 15.9 Å². The Balaban J connectivity index is 1.68. The van der Waals surface area contributed by atoms with Crippen molar-refractivity contribution in [2.24, 2.45) is 0 Å². The average molecular weight is 391 g/mol. The molecule has 3 aromatic heterocycles. The minimum absolute atomic E-state index is 0.0348. The van der Waals surface area contributed by atoms with Crippen LogP contribution in [0.4, 0.5) is 0 Å². The number of aromatic nitrogens is 3. The zero-order valence-electron chi connectivity index (χ0n) is 15.0. The number of hydrogen-bond donors (Lipinski definition) is 2. The highest BCUT2D eigenvalue weighted by molar-refractivity contribution is 7.99. The summed E-state index contributed by atoms with van der Waals surface area (Å²) in [5.41, 5.74) is 1.96. The maximum absolute atomic E-state index is 12.7. The first kappa shape index (κ1) is 18.7. The van der Waals surface area contributed by atoms with Gasteiger partial charge in [0.2, 0.25) is 5.91 Å². The normalized spacial score (nSPS) is 11.4. The lowest BCUT2D eigenvalue weighted by molar-refractivity contribution is -0.118. The molecule has 0 aliphatic heterocycles. The van der Waals surface area contributed by atoms with Crippen LogP contribution in [-0.4, -0.2) is 32.7 Å². The third-order valence-corrected chi connectivity index (χ3v) is 5.80. The summed E-state index contributed by atoms with van der Waals surface area (Å²) in [6.45, 7) is 6.39. The maximum atomic E-state index is 12.7. The van der Waals surface area contributed by atoms with Crippen molar-refractivity contribution in [1.82, 2.24) is 19.9 Å². The molecule has 0 fully saturated rings. The molecular formula is C18H22N4O2S2. The van der Waals surface area contributed by atoms with E-state index >= 15 is 0 Å². The Labute approximate surface area is 160 Å². The molecule has 0 atom stereocenters. The van der Waals surface area contributed by atoms with E-state index < -0.39 is 0 Å². The molecule has 0 aliphatic carbocycles. The van der Waals surface area contributed by atoms with Crippen LogP contribution in [0.2, 0.25) is 0 Å². The zero-order chi connectivity index (χ0) is 18.7. The minimum atomic E-state index is -0.0984. The van der Waals surface area contributed by atoms with Crippen LogP contribution in [0.5, 0.6) is 0 Å². The van der Waals surface area contributed by atoms with Gasteiger partial charge in [0.15, 0.2) is 5.16 Å². The molecule has 0 aromatic carbocycles. The molecule has 0 saturated heterocycles. The Hall–Kier alpha value is -2.06. The fourth-order valence-corrected chi connectivity index (χ4v) is 4.38. The summed E-state index contributed by atoms with van der Waals surface area (Å²) in [6.07, 6.45) is 0.831. The van der Waals surface area contributed by atoms with Gasteiger partial charge in [-0.2, -0.15) is 0 Å². The van der Waals surface area contributed by atoms with E-state index in [0.717, 1.165) is 12.1 Å². The first-order valence-electron chi connectivity index (χ1n) is 8.49. The first-order valence-corrected chi connectivity index (χ1v) is 10.4. The van der Waals surface area contributed by atoms with Gasteiger partial charge in [-0.25, -0.2) is 4.98 Å². The Kier molecular flexibility index (Phi) is 5.83. The highest BCUT2D eigenvalue weighted by atomic mass is 32.2. The second-order valence-electron chi connectivity index (χ2n) is 6.34. The standard InChI is InChI=1S/C18H22N4O2S2/c1-11(2)22-17(24)16-14(9-12(3)20-16)21-18(22)26-10-15(23)19-7-6-13-5-4-8-25-13/h4-5,8-9,11,20H,6-7,10H2,1-3H3,(H,19,23). The number of carbonyl (C=O) groups excluding carboxylic acids is 1. The smallest absolute Gasteiger partial charge is 0.278 e. The molecule has 138 valence electrons.